The van der Waals surface area contributed by atoms with Crippen LogP contribution in [0.5, 0.6) is 0 Å². The molecule has 3 amide bonds. The first-order chi connectivity index (χ1) is 14.0. The topological polar surface area (TPSA) is 69.9 Å². The predicted octanol–water partition coefficient (Wildman–Crippen LogP) is 2.88. The zero-order valence-corrected chi connectivity index (χ0v) is 16.9. The Labute approximate surface area is 171 Å². The Morgan fingerprint density at radius 3 is 2.55 bits per heavy atom. The van der Waals surface area contributed by atoms with Gasteiger partial charge in [-0.1, -0.05) is 36.4 Å². The molecule has 2 heterocycles. The number of piperidine rings is 1. The zero-order chi connectivity index (χ0) is 20.5. The molecule has 2 aromatic carbocycles. The van der Waals surface area contributed by atoms with Crippen molar-refractivity contribution < 1.29 is 9.59 Å². The highest BCUT2D eigenvalue weighted by Crippen LogP contribution is 2.35. The predicted molar refractivity (Wildman–Crippen MR) is 114 cm³/mol. The van der Waals surface area contributed by atoms with Gasteiger partial charge >= 0.3 is 6.03 Å². The van der Waals surface area contributed by atoms with Crippen LogP contribution in [0.2, 0.25) is 0 Å². The number of rotatable bonds is 5. The number of carbonyl (C=O) groups excluding carboxylic acids is 2. The number of amides is 3. The highest BCUT2D eigenvalue weighted by atomic mass is 16.2. The number of nitrogens with zero attached hydrogens (tertiary/aromatic N) is 3. The maximum atomic E-state index is 13.0. The van der Waals surface area contributed by atoms with Crippen molar-refractivity contribution in [1.29, 1.82) is 0 Å². The molecule has 0 saturated carbocycles. The highest BCUT2D eigenvalue weighted by molar-refractivity contribution is 6.04. The summed E-state index contributed by atoms with van der Waals surface area (Å²) < 4.78 is 0. The lowest BCUT2D eigenvalue weighted by atomic mass is 9.96. The van der Waals surface area contributed by atoms with E-state index >= 15 is 0 Å². The Bertz CT molecular complexity index is 909. The minimum Gasteiger partial charge on any atom is -0.368 e. The van der Waals surface area contributed by atoms with Crippen LogP contribution in [0.1, 0.15) is 18.4 Å². The lowest BCUT2D eigenvalue weighted by Crippen LogP contribution is -2.48. The summed E-state index contributed by atoms with van der Waals surface area (Å²) in [6.07, 6.45) is 3.86. The van der Waals surface area contributed by atoms with E-state index in [1.807, 2.05) is 42.8 Å². The molecule has 6 nitrogen and oxygen atoms in total. The van der Waals surface area contributed by atoms with E-state index in [4.69, 9.17) is 5.73 Å². The molecule has 2 aliphatic rings. The first-order valence-electron chi connectivity index (χ1n) is 10.0. The van der Waals surface area contributed by atoms with Gasteiger partial charge in [0.2, 0.25) is 5.91 Å². The standard InChI is InChI=1S/C23H27N4O2/c1-25(2)15-17-7-3-4-8-19(17)16-10-12-18(13-11-16)27-21(22(24)28)20-9-5-6-14-26(20)23(27)29/h3-4,7-13,20-21H,5-6,14-15H2,1-2H3,(H2,24,28)/t20-,21?/m1/s1. The molecule has 6 heteroatoms. The zero-order valence-electron chi connectivity index (χ0n) is 16.9. The average Bonchev–Trinajstić information content (AvgIpc) is 3.01. The molecule has 1 radical (unpaired) electrons. The van der Waals surface area contributed by atoms with E-state index in [2.05, 4.69) is 31.1 Å². The lowest BCUT2D eigenvalue weighted by Gasteiger charge is -2.29. The van der Waals surface area contributed by atoms with Gasteiger partial charge in [0.05, 0.1) is 6.04 Å². The van der Waals surface area contributed by atoms with E-state index in [0.717, 1.165) is 30.5 Å². The van der Waals surface area contributed by atoms with Gasteiger partial charge in [0, 0.05) is 18.8 Å². The second-order valence-corrected chi connectivity index (χ2v) is 8.00. The van der Waals surface area contributed by atoms with Gasteiger partial charge in [0.15, 0.2) is 0 Å². The molecule has 0 spiro atoms. The number of urea groups is 1. The number of fused-ring (bicyclic) bond motifs is 1. The van der Waals surface area contributed by atoms with E-state index in [1.54, 1.807) is 9.80 Å². The fourth-order valence-electron chi connectivity index (χ4n) is 4.41. The SMILES string of the molecule is CN(C)Cc1ccccc1-c1ccc(N2C(=O)N3CCC[CH][C@@H]3C2C(N)=O)cc1. The molecule has 2 aromatic rings. The van der Waals surface area contributed by atoms with Crippen molar-refractivity contribution in [3.8, 4) is 11.1 Å². The van der Waals surface area contributed by atoms with Gasteiger partial charge in [0.1, 0.15) is 6.04 Å². The van der Waals surface area contributed by atoms with Crippen LogP contribution in [0.25, 0.3) is 11.1 Å². The number of nitrogens with two attached hydrogens (primary N) is 1. The number of anilines is 1. The second-order valence-electron chi connectivity index (χ2n) is 8.00. The van der Waals surface area contributed by atoms with Crippen LogP contribution in [0, 0.1) is 6.42 Å². The molecule has 2 saturated heterocycles. The largest absolute Gasteiger partial charge is 0.368 e. The van der Waals surface area contributed by atoms with Crippen molar-refractivity contribution in [1.82, 2.24) is 9.80 Å². The molecular formula is C23H27N4O2. The van der Waals surface area contributed by atoms with Gasteiger partial charge < -0.3 is 15.5 Å². The van der Waals surface area contributed by atoms with Gasteiger partial charge in [-0.2, -0.15) is 0 Å². The Morgan fingerprint density at radius 1 is 1.14 bits per heavy atom. The van der Waals surface area contributed by atoms with Crippen LogP contribution >= 0.6 is 0 Å². The van der Waals surface area contributed by atoms with Crippen molar-refractivity contribution >= 4 is 17.6 Å². The normalized spacial score (nSPS) is 21.6. The van der Waals surface area contributed by atoms with Gasteiger partial charge in [-0.3, -0.25) is 9.69 Å². The van der Waals surface area contributed by atoms with E-state index in [-0.39, 0.29) is 12.1 Å². The Hall–Kier alpha value is -2.86. The monoisotopic (exact) mass is 391 g/mol. The number of benzene rings is 2. The summed E-state index contributed by atoms with van der Waals surface area (Å²) in [6.45, 7) is 1.51. The van der Waals surface area contributed by atoms with Crippen LogP contribution in [0.15, 0.2) is 48.5 Å². The molecule has 0 aliphatic carbocycles. The van der Waals surface area contributed by atoms with E-state index in [9.17, 15) is 9.59 Å². The van der Waals surface area contributed by atoms with Crippen LogP contribution in [0.4, 0.5) is 10.5 Å². The summed E-state index contributed by atoms with van der Waals surface area (Å²) >= 11 is 0. The van der Waals surface area contributed by atoms with E-state index in [0.29, 0.717) is 12.2 Å². The summed E-state index contributed by atoms with van der Waals surface area (Å²) in [5, 5.41) is 0. The molecule has 2 aliphatic heterocycles. The Balaban J connectivity index is 1.66. The Morgan fingerprint density at radius 2 is 1.86 bits per heavy atom. The summed E-state index contributed by atoms with van der Waals surface area (Å²) in [7, 11) is 4.10. The molecule has 2 N–H and O–H groups in total. The van der Waals surface area contributed by atoms with Gasteiger partial charge in [-0.05, 0) is 62.2 Å². The molecule has 1 unspecified atom stereocenters. The molecule has 2 atom stereocenters. The molecular weight excluding hydrogens is 364 g/mol. The third-order valence-corrected chi connectivity index (χ3v) is 5.68. The quantitative estimate of drug-likeness (QED) is 0.852. The van der Waals surface area contributed by atoms with Crippen LogP contribution < -0.4 is 10.6 Å². The fourth-order valence-corrected chi connectivity index (χ4v) is 4.41. The summed E-state index contributed by atoms with van der Waals surface area (Å²) in [4.78, 5) is 30.7. The first kappa shape index (κ1) is 19.5. The van der Waals surface area contributed by atoms with Crippen LogP contribution in [0.3, 0.4) is 0 Å². The van der Waals surface area contributed by atoms with Crippen molar-refractivity contribution in [2.75, 3.05) is 25.5 Å². The second kappa shape index (κ2) is 7.87. The van der Waals surface area contributed by atoms with Crippen LogP contribution in [-0.2, 0) is 11.3 Å². The van der Waals surface area contributed by atoms with E-state index in [1.165, 1.54) is 5.56 Å². The average molecular weight is 391 g/mol. The lowest BCUT2D eigenvalue weighted by molar-refractivity contribution is -0.119. The van der Waals surface area contributed by atoms with Gasteiger partial charge in [-0.25, -0.2) is 4.79 Å². The van der Waals surface area contributed by atoms with Crippen LogP contribution in [-0.4, -0.2) is 54.5 Å². The highest BCUT2D eigenvalue weighted by Gasteiger charge is 2.49. The summed E-state index contributed by atoms with van der Waals surface area (Å²) in [5.74, 6) is -0.468. The first-order valence-corrected chi connectivity index (χ1v) is 10.0. The Kier molecular flexibility index (Phi) is 5.28. The number of hydrogen-bond acceptors (Lipinski definition) is 3. The van der Waals surface area contributed by atoms with E-state index < -0.39 is 11.9 Å². The summed E-state index contributed by atoms with van der Waals surface area (Å²) in [6, 6.07) is 15.1. The third kappa shape index (κ3) is 3.60. The van der Waals surface area contributed by atoms with Crippen molar-refractivity contribution in [2.24, 2.45) is 5.73 Å². The minimum atomic E-state index is -0.658. The fraction of sp³-hybridized carbons (Fsp3) is 0.348. The molecule has 0 bridgehead atoms. The van der Waals surface area contributed by atoms with Crippen molar-refractivity contribution in [3.63, 3.8) is 0 Å². The maximum Gasteiger partial charge on any atom is 0.325 e. The molecule has 0 aromatic heterocycles. The maximum absolute atomic E-state index is 13.0. The molecule has 2 fully saturated rings. The number of hydrogen-bond donors (Lipinski definition) is 1. The smallest absolute Gasteiger partial charge is 0.325 e. The minimum absolute atomic E-state index is 0.143. The molecule has 29 heavy (non-hydrogen) atoms. The van der Waals surface area contributed by atoms with Crippen molar-refractivity contribution in [2.45, 2.75) is 31.5 Å². The third-order valence-electron chi connectivity index (χ3n) is 5.68. The number of carbonyl (C=O) groups is 2. The summed E-state index contributed by atoms with van der Waals surface area (Å²) in [5.41, 5.74) is 9.89. The molecule has 4 rings (SSSR count). The van der Waals surface area contributed by atoms with Gasteiger partial charge in [-0.15, -0.1) is 0 Å². The molecule has 151 valence electrons. The van der Waals surface area contributed by atoms with Gasteiger partial charge in [0.25, 0.3) is 0 Å². The van der Waals surface area contributed by atoms with Crippen molar-refractivity contribution in [3.05, 3.63) is 60.5 Å². The number of primary amides is 1.